The van der Waals surface area contributed by atoms with Crippen LogP contribution in [0.3, 0.4) is 0 Å². The number of alkyl halides is 3. The molecule has 3 aromatic heterocycles. The van der Waals surface area contributed by atoms with Gasteiger partial charge in [0.1, 0.15) is 11.4 Å². The van der Waals surface area contributed by atoms with Crippen LogP contribution in [-0.2, 0) is 11.0 Å². The van der Waals surface area contributed by atoms with Crippen molar-refractivity contribution in [1.29, 1.82) is 0 Å². The van der Waals surface area contributed by atoms with Gasteiger partial charge in [-0.15, -0.1) is 15.3 Å². The number of aryl methyl sites for hydroxylation is 1. The van der Waals surface area contributed by atoms with Gasteiger partial charge in [0.2, 0.25) is 5.91 Å². The average Bonchev–Trinajstić information content (AvgIpc) is 3.36. The summed E-state index contributed by atoms with van der Waals surface area (Å²) < 4.78 is 40.0. The minimum absolute atomic E-state index is 0.00319. The third-order valence-electron chi connectivity index (χ3n) is 5.33. The number of nitrogens with zero attached hydrogens (tertiary/aromatic N) is 6. The summed E-state index contributed by atoms with van der Waals surface area (Å²) in [5.74, 6) is -1.67. The number of hydrogen-bond acceptors (Lipinski definition) is 7. The Hall–Kier alpha value is -3.71. The first-order valence-electron chi connectivity index (χ1n) is 9.81. The maximum Gasteiger partial charge on any atom is 0.453 e. The van der Waals surface area contributed by atoms with Gasteiger partial charge in [-0.05, 0) is 31.9 Å². The SMILES string of the molecule is CNC(=O)c1c(NC(=O)C2CCN(c3ccc4nnc(C(F)(F)F)n4n3)CC2)n[nH]c1C. The van der Waals surface area contributed by atoms with Crippen molar-refractivity contribution < 1.29 is 22.8 Å². The second-order valence-corrected chi connectivity index (χ2v) is 7.38. The van der Waals surface area contributed by atoms with Crippen LogP contribution in [0.25, 0.3) is 5.65 Å². The summed E-state index contributed by atoms with van der Waals surface area (Å²) in [6.45, 7) is 2.51. The zero-order valence-corrected chi connectivity index (χ0v) is 17.2. The van der Waals surface area contributed by atoms with E-state index in [0.717, 1.165) is 0 Å². The predicted octanol–water partition coefficient (Wildman–Crippen LogP) is 1.39. The van der Waals surface area contributed by atoms with Crippen molar-refractivity contribution in [3.8, 4) is 0 Å². The molecule has 0 spiro atoms. The molecule has 0 unspecified atom stereocenters. The highest BCUT2D eigenvalue weighted by atomic mass is 19.4. The van der Waals surface area contributed by atoms with Crippen molar-refractivity contribution in [2.75, 3.05) is 30.4 Å². The normalized spacial score (nSPS) is 15.2. The number of nitrogens with one attached hydrogen (secondary N) is 3. The third kappa shape index (κ3) is 3.94. The lowest BCUT2D eigenvalue weighted by atomic mass is 9.96. The number of carbonyl (C=O) groups excluding carboxylic acids is 2. The number of amides is 2. The van der Waals surface area contributed by atoms with E-state index in [4.69, 9.17) is 0 Å². The van der Waals surface area contributed by atoms with Crippen molar-refractivity contribution in [2.24, 2.45) is 5.92 Å². The minimum Gasteiger partial charge on any atom is -0.355 e. The van der Waals surface area contributed by atoms with Gasteiger partial charge in [-0.2, -0.15) is 22.8 Å². The molecule has 0 atom stereocenters. The van der Waals surface area contributed by atoms with E-state index >= 15 is 0 Å². The van der Waals surface area contributed by atoms with E-state index in [1.807, 2.05) is 0 Å². The number of hydrogen-bond donors (Lipinski definition) is 3. The van der Waals surface area contributed by atoms with Crippen molar-refractivity contribution in [3.05, 3.63) is 29.2 Å². The maximum absolute atomic E-state index is 13.1. The lowest BCUT2D eigenvalue weighted by molar-refractivity contribution is -0.146. The van der Waals surface area contributed by atoms with Crippen molar-refractivity contribution in [1.82, 2.24) is 35.3 Å². The highest BCUT2D eigenvalue weighted by Gasteiger charge is 2.38. The van der Waals surface area contributed by atoms with Crippen LogP contribution in [0.2, 0.25) is 0 Å². The van der Waals surface area contributed by atoms with Gasteiger partial charge in [-0.25, -0.2) is 0 Å². The van der Waals surface area contributed by atoms with Crippen LogP contribution in [0.4, 0.5) is 24.8 Å². The number of fused-ring (bicyclic) bond motifs is 1. The van der Waals surface area contributed by atoms with Gasteiger partial charge in [0, 0.05) is 31.7 Å². The summed E-state index contributed by atoms with van der Waals surface area (Å²) >= 11 is 0. The lowest BCUT2D eigenvalue weighted by Gasteiger charge is -2.31. The molecular formula is C18H20F3N9O2. The Bertz CT molecular complexity index is 1160. The maximum atomic E-state index is 13.1. The summed E-state index contributed by atoms with van der Waals surface area (Å²) in [5, 5.41) is 22.6. The molecule has 4 heterocycles. The summed E-state index contributed by atoms with van der Waals surface area (Å²) in [7, 11) is 1.49. The van der Waals surface area contributed by atoms with Gasteiger partial charge in [0.15, 0.2) is 11.5 Å². The molecule has 32 heavy (non-hydrogen) atoms. The Kier molecular flexibility index (Phi) is 5.44. The number of rotatable bonds is 4. The summed E-state index contributed by atoms with van der Waals surface area (Å²) in [5.41, 5.74) is 0.796. The largest absolute Gasteiger partial charge is 0.453 e. The van der Waals surface area contributed by atoms with Crippen molar-refractivity contribution in [2.45, 2.75) is 25.9 Å². The molecule has 1 saturated heterocycles. The van der Waals surface area contributed by atoms with E-state index in [1.54, 1.807) is 17.9 Å². The molecule has 11 nitrogen and oxygen atoms in total. The fraction of sp³-hybridized carbons (Fsp3) is 0.444. The molecule has 1 aliphatic rings. The molecule has 3 aromatic rings. The van der Waals surface area contributed by atoms with Gasteiger partial charge in [-0.3, -0.25) is 14.7 Å². The van der Waals surface area contributed by atoms with E-state index in [1.165, 1.54) is 13.1 Å². The standard InChI is InChI=1S/C18H20F3N9O2/c1-9-13(16(32)22-2)14(26-24-9)23-15(31)10-5-7-29(8-6-10)12-4-3-11-25-27-17(18(19,20)21)30(11)28-12/h3-4,10H,5-8H2,1-2H3,(H,22,32)(H2,23,24,26,31). The van der Waals surface area contributed by atoms with Crippen LogP contribution in [0.5, 0.6) is 0 Å². The monoisotopic (exact) mass is 451 g/mol. The molecule has 4 rings (SSSR count). The molecule has 1 aliphatic heterocycles. The van der Waals surface area contributed by atoms with Crippen molar-refractivity contribution in [3.63, 3.8) is 0 Å². The molecule has 170 valence electrons. The fourth-order valence-electron chi connectivity index (χ4n) is 3.64. The number of H-pyrrole nitrogens is 1. The highest BCUT2D eigenvalue weighted by Crippen LogP contribution is 2.29. The minimum atomic E-state index is -4.67. The van der Waals surface area contributed by atoms with E-state index < -0.39 is 12.0 Å². The van der Waals surface area contributed by atoms with Crippen LogP contribution in [-0.4, -0.2) is 62.0 Å². The molecule has 2 amide bonds. The van der Waals surface area contributed by atoms with Gasteiger partial charge >= 0.3 is 6.18 Å². The van der Waals surface area contributed by atoms with E-state index in [0.29, 0.717) is 42.0 Å². The van der Waals surface area contributed by atoms with Crippen LogP contribution in [0, 0.1) is 12.8 Å². The zero-order chi connectivity index (χ0) is 23.0. The highest BCUT2D eigenvalue weighted by molar-refractivity contribution is 6.03. The third-order valence-corrected chi connectivity index (χ3v) is 5.33. The summed E-state index contributed by atoms with van der Waals surface area (Å²) in [6.07, 6.45) is -3.76. The van der Waals surface area contributed by atoms with Crippen LogP contribution >= 0.6 is 0 Å². The van der Waals surface area contributed by atoms with Gasteiger partial charge in [-0.1, -0.05) is 0 Å². The molecule has 0 aromatic carbocycles. The lowest BCUT2D eigenvalue weighted by Crippen LogP contribution is -2.39. The molecule has 3 N–H and O–H groups in total. The number of aromatic amines is 1. The molecule has 0 saturated carbocycles. The molecule has 14 heteroatoms. The Morgan fingerprint density at radius 2 is 1.91 bits per heavy atom. The van der Waals surface area contributed by atoms with E-state index in [2.05, 4.69) is 36.1 Å². The predicted molar refractivity (Wildman–Crippen MR) is 106 cm³/mol. The number of carbonyl (C=O) groups is 2. The van der Waals surface area contributed by atoms with Crippen molar-refractivity contribution >= 4 is 29.1 Å². The van der Waals surface area contributed by atoms with Gasteiger partial charge < -0.3 is 15.5 Å². The smallest absolute Gasteiger partial charge is 0.355 e. The number of aromatic nitrogens is 6. The van der Waals surface area contributed by atoms with Crippen LogP contribution in [0.1, 0.15) is 34.7 Å². The first-order chi connectivity index (χ1) is 15.2. The summed E-state index contributed by atoms with van der Waals surface area (Å²) in [4.78, 5) is 26.5. The van der Waals surface area contributed by atoms with Gasteiger partial charge in [0.25, 0.3) is 11.7 Å². The molecule has 0 aliphatic carbocycles. The Balaban J connectivity index is 1.43. The number of anilines is 2. The Morgan fingerprint density at radius 1 is 1.19 bits per heavy atom. The first-order valence-corrected chi connectivity index (χ1v) is 9.81. The number of piperidine rings is 1. The van der Waals surface area contributed by atoms with Crippen LogP contribution < -0.4 is 15.5 Å². The average molecular weight is 451 g/mol. The Labute approximate surface area is 179 Å². The Morgan fingerprint density at radius 3 is 2.56 bits per heavy atom. The number of halogens is 3. The molecule has 1 fully saturated rings. The van der Waals surface area contributed by atoms with E-state index in [-0.39, 0.29) is 34.8 Å². The molecular weight excluding hydrogens is 431 g/mol. The topological polar surface area (TPSA) is 133 Å². The molecule has 0 bridgehead atoms. The second-order valence-electron chi connectivity index (χ2n) is 7.38. The van der Waals surface area contributed by atoms with Crippen LogP contribution in [0.15, 0.2) is 12.1 Å². The quantitative estimate of drug-likeness (QED) is 0.546. The molecule has 0 radical (unpaired) electrons. The zero-order valence-electron chi connectivity index (χ0n) is 17.2. The fourth-order valence-corrected chi connectivity index (χ4v) is 3.64. The second kappa shape index (κ2) is 8.09. The van der Waals surface area contributed by atoms with Gasteiger partial charge in [0.05, 0.1) is 0 Å². The van der Waals surface area contributed by atoms with E-state index in [9.17, 15) is 22.8 Å². The summed E-state index contributed by atoms with van der Waals surface area (Å²) in [6, 6.07) is 3.00. The first kappa shape index (κ1) is 21.5.